The normalized spacial score (nSPS) is 11.2. The molecule has 0 aliphatic carbocycles. The van der Waals surface area contributed by atoms with Crippen molar-refractivity contribution in [3.8, 4) is 5.75 Å². The van der Waals surface area contributed by atoms with E-state index in [1.165, 1.54) is 23.1 Å². The van der Waals surface area contributed by atoms with Gasteiger partial charge in [0.2, 0.25) is 10.0 Å². The molecule has 0 atom stereocenters. The van der Waals surface area contributed by atoms with Crippen molar-refractivity contribution in [1.29, 1.82) is 0 Å². The van der Waals surface area contributed by atoms with Crippen LogP contribution in [0.5, 0.6) is 5.75 Å². The van der Waals surface area contributed by atoms with Crippen molar-refractivity contribution in [3.63, 3.8) is 0 Å². The molecule has 1 amide bonds. The third-order valence-corrected chi connectivity index (χ3v) is 3.64. The van der Waals surface area contributed by atoms with Crippen LogP contribution in [0.25, 0.3) is 0 Å². The lowest BCUT2D eigenvalue weighted by Gasteiger charge is -2.15. The smallest absolute Gasteiger partial charge is 0.260 e. The molecular formula is C12H18N2O4S. The molecule has 0 bridgehead atoms. The zero-order valence-electron chi connectivity index (χ0n) is 11.2. The molecule has 1 aromatic carbocycles. The lowest BCUT2D eigenvalue weighted by atomic mass is 10.2. The van der Waals surface area contributed by atoms with Crippen molar-refractivity contribution in [3.05, 3.63) is 23.8 Å². The van der Waals surface area contributed by atoms with E-state index in [-0.39, 0.29) is 17.4 Å². The Balaban J connectivity index is 2.79. The number of nitrogens with two attached hydrogens (primary N) is 1. The molecule has 0 heterocycles. The molecule has 6 nitrogen and oxygen atoms in total. The van der Waals surface area contributed by atoms with Crippen LogP contribution in [0, 0.1) is 6.92 Å². The molecule has 0 aliphatic rings. The Morgan fingerprint density at radius 1 is 1.42 bits per heavy atom. The first-order chi connectivity index (χ1) is 8.75. The number of hydrogen-bond donors (Lipinski definition) is 1. The molecular weight excluding hydrogens is 268 g/mol. The number of hydrogen-bond acceptors (Lipinski definition) is 4. The van der Waals surface area contributed by atoms with Crippen LogP contribution >= 0.6 is 0 Å². The molecule has 7 heteroatoms. The Morgan fingerprint density at radius 2 is 2.05 bits per heavy atom. The fourth-order valence-corrected chi connectivity index (χ4v) is 1.99. The van der Waals surface area contributed by atoms with Gasteiger partial charge < -0.3 is 9.64 Å². The average Bonchev–Trinajstić information content (AvgIpc) is 2.34. The maximum absolute atomic E-state index is 11.6. The Labute approximate surface area is 113 Å². The number of likely N-dealkylation sites (N-methyl/N-ethyl adjacent to an activating group) is 1. The number of rotatable bonds is 5. The summed E-state index contributed by atoms with van der Waals surface area (Å²) in [5.41, 5.74) is 0.610. The Morgan fingerprint density at radius 3 is 2.53 bits per heavy atom. The molecule has 0 saturated carbocycles. The predicted molar refractivity (Wildman–Crippen MR) is 71.4 cm³/mol. The van der Waals surface area contributed by atoms with E-state index < -0.39 is 10.0 Å². The van der Waals surface area contributed by atoms with Crippen LogP contribution < -0.4 is 9.88 Å². The van der Waals surface area contributed by atoms with Gasteiger partial charge >= 0.3 is 0 Å². The summed E-state index contributed by atoms with van der Waals surface area (Å²) in [5, 5.41) is 5.03. The summed E-state index contributed by atoms with van der Waals surface area (Å²) >= 11 is 0. The fraction of sp³-hybridized carbons (Fsp3) is 0.417. The van der Waals surface area contributed by atoms with E-state index in [9.17, 15) is 13.2 Å². The van der Waals surface area contributed by atoms with Crippen LogP contribution in [0.15, 0.2) is 23.1 Å². The highest BCUT2D eigenvalue weighted by atomic mass is 32.2. The topological polar surface area (TPSA) is 89.7 Å². The molecule has 2 N–H and O–H groups in total. The van der Waals surface area contributed by atoms with E-state index in [0.717, 1.165) is 0 Å². The van der Waals surface area contributed by atoms with Crippen molar-refractivity contribution in [2.75, 3.05) is 20.2 Å². The quantitative estimate of drug-likeness (QED) is 0.853. The number of amides is 1. The van der Waals surface area contributed by atoms with Crippen molar-refractivity contribution in [1.82, 2.24) is 4.90 Å². The number of carbonyl (C=O) groups excluding carboxylic acids is 1. The third-order valence-electron chi connectivity index (χ3n) is 2.73. The van der Waals surface area contributed by atoms with Crippen LogP contribution in [0.4, 0.5) is 0 Å². The lowest BCUT2D eigenvalue weighted by molar-refractivity contribution is -0.131. The molecule has 0 spiro atoms. The molecule has 19 heavy (non-hydrogen) atoms. The van der Waals surface area contributed by atoms with Crippen molar-refractivity contribution >= 4 is 15.9 Å². The van der Waals surface area contributed by atoms with Gasteiger partial charge in [-0.2, -0.15) is 0 Å². The minimum atomic E-state index is -3.72. The van der Waals surface area contributed by atoms with Crippen molar-refractivity contribution in [2.45, 2.75) is 18.7 Å². The van der Waals surface area contributed by atoms with Gasteiger partial charge in [0.1, 0.15) is 5.75 Å². The molecule has 106 valence electrons. The maximum atomic E-state index is 11.6. The average molecular weight is 286 g/mol. The molecule has 0 unspecified atom stereocenters. The third kappa shape index (κ3) is 4.22. The standard InChI is InChI=1S/C12H18N2O4S/c1-4-14(3)12(15)8-18-11-6-5-10(7-9(11)2)19(13,16)17/h5-7H,4,8H2,1-3H3,(H2,13,16,17). The van der Waals surface area contributed by atoms with Gasteiger partial charge in [-0.25, -0.2) is 13.6 Å². The molecule has 0 radical (unpaired) electrons. The summed E-state index contributed by atoms with van der Waals surface area (Å²) in [4.78, 5) is 13.1. The Bertz CT molecular complexity index is 569. The lowest BCUT2D eigenvalue weighted by Crippen LogP contribution is -2.31. The second-order valence-electron chi connectivity index (χ2n) is 4.17. The number of primary sulfonamides is 1. The summed E-state index contributed by atoms with van der Waals surface area (Å²) in [7, 11) is -2.04. The molecule has 0 aromatic heterocycles. The summed E-state index contributed by atoms with van der Waals surface area (Å²) in [6.07, 6.45) is 0. The van der Waals surface area contributed by atoms with E-state index in [0.29, 0.717) is 17.9 Å². The van der Waals surface area contributed by atoms with E-state index in [4.69, 9.17) is 9.88 Å². The Kier molecular flexibility index (Phi) is 4.90. The SMILES string of the molecule is CCN(C)C(=O)COc1ccc(S(N)(=O)=O)cc1C. The van der Waals surface area contributed by atoms with Gasteiger partial charge in [-0.3, -0.25) is 4.79 Å². The summed E-state index contributed by atoms with van der Waals surface area (Å²) in [6.45, 7) is 4.08. The van der Waals surface area contributed by atoms with Crippen LogP contribution in [0.3, 0.4) is 0 Å². The largest absolute Gasteiger partial charge is 0.483 e. The van der Waals surface area contributed by atoms with E-state index in [1.54, 1.807) is 14.0 Å². The number of benzene rings is 1. The van der Waals surface area contributed by atoms with Gasteiger partial charge in [-0.05, 0) is 37.6 Å². The van der Waals surface area contributed by atoms with Gasteiger partial charge in [-0.1, -0.05) is 0 Å². The number of ether oxygens (including phenoxy) is 1. The van der Waals surface area contributed by atoms with Crippen LogP contribution in [0.1, 0.15) is 12.5 Å². The fourth-order valence-electron chi connectivity index (χ4n) is 1.39. The van der Waals surface area contributed by atoms with E-state index in [1.807, 2.05) is 6.92 Å². The van der Waals surface area contributed by atoms with Crippen molar-refractivity contribution in [2.24, 2.45) is 5.14 Å². The highest BCUT2D eigenvalue weighted by Gasteiger charge is 2.12. The summed E-state index contributed by atoms with van der Waals surface area (Å²) in [5.74, 6) is 0.322. The maximum Gasteiger partial charge on any atom is 0.260 e. The number of carbonyl (C=O) groups is 1. The zero-order chi connectivity index (χ0) is 14.6. The summed E-state index contributed by atoms with van der Waals surface area (Å²) in [6, 6.07) is 4.26. The molecule has 0 aliphatic heterocycles. The zero-order valence-corrected chi connectivity index (χ0v) is 12.0. The number of sulfonamides is 1. The molecule has 1 rings (SSSR count). The number of aryl methyl sites for hydroxylation is 1. The monoisotopic (exact) mass is 286 g/mol. The van der Waals surface area contributed by atoms with Crippen molar-refractivity contribution < 1.29 is 17.9 Å². The molecule has 0 saturated heterocycles. The minimum absolute atomic E-state index is 0.0225. The van der Waals surface area contributed by atoms with Crippen LogP contribution in [0.2, 0.25) is 0 Å². The van der Waals surface area contributed by atoms with Crippen LogP contribution in [-0.2, 0) is 14.8 Å². The predicted octanol–water partition coefficient (Wildman–Crippen LogP) is 0.500. The first kappa shape index (κ1) is 15.5. The van der Waals surface area contributed by atoms with Gasteiger partial charge in [0.05, 0.1) is 4.90 Å². The van der Waals surface area contributed by atoms with E-state index in [2.05, 4.69) is 0 Å². The van der Waals surface area contributed by atoms with Gasteiger partial charge in [0, 0.05) is 13.6 Å². The molecule has 1 aromatic rings. The minimum Gasteiger partial charge on any atom is -0.483 e. The summed E-state index contributed by atoms with van der Waals surface area (Å²) < 4.78 is 27.7. The highest BCUT2D eigenvalue weighted by molar-refractivity contribution is 7.89. The Hall–Kier alpha value is -1.60. The van der Waals surface area contributed by atoms with Crippen LogP contribution in [-0.4, -0.2) is 39.4 Å². The van der Waals surface area contributed by atoms with Gasteiger partial charge in [-0.15, -0.1) is 0 Å². The first-order valence-corrected chi connectivity index (χ1v) is 7.30. The second-order valence-corrected chi connectivity index (χ2v) is 5.73. The highest BCUT2D eigenvalue weighted by Crippen LogP contribution is 2.21. The van der Waals surface area contributed by atoms with Gasteiger partial charge in [0.15, 0.2) is 6.61 Å². The number of nitrogens with zero attached hydrogens (tertiary/aromatic N) is 1. The second kappa shape index (κ2) is 6.03. The molecule has 0 fully saturated rings. The van der Waals surface area contributed by atoms with Gasteiger partial charge in [0.25, 0.3) is 5.91 Å². The first-order valence-electron chi connectivity index (χ1n) is 5.76. The van der Waals surface area contributed by atoms with E-state index >= 15 is 0 Å².